The molecule has 2 aliphatic carbocycles. The highest BCUT2D eigenvalue weighted by atomic mass is 32.2. The molecule has 2 amide bonds. The van der Waals surface area contributed by atoms with Gasteiger partial charge in [0.15, 0.2) is 5.69 Å². The third-order valence-corrected chi connectivity index (χ3v) is 9.06. The zero-order chi connectivity index (χ0) is 29.2. The molecule has 2 N–H and O–H groups in total. The van der Waals surface area contributed by atoms with Gasteiger partial charge in [-0.25, -0.2) is 8.78 Å². The number of hydrogen-bond donors (Lipinski definition) is 2. The SMILES string of the molecule is O=C(NC(CSNC1CCC1)C(=O)N1CCCC(F)(F)C1)c1cc(-c2ccccc2C(F)(F)F)n(C2CCCC2)n1. The van der Waals surface area contributed by atoms with Crippen molar-refractivity contribution < 1.29 is 31.5 Å². The summed E-state index contributed by atoms with van der Waals surface area (Å²) in [5.41, 5.74) is -0.859. The highest BCUT2D eigenvalue weighted by Crippen LogP contribution is 2.40. The monoisotopic (exact) mass is 599 g/mol. The number of alkyl halides is 5. The summed E-state index contributed by atoms with van der Waals surface area (Å²) in [4.78, 5) is 27.9. The van der Waals surface area contributed by atoms with Gasteiger partial charge < -0.3 is 10.2 Å². The molecule has 0 radical (unpaired) electrons. The first-order chi connectivity index (χ1) is 19.5. The Morgan fingerprint density at radius 2 is 1.80 bits per heavy atom. The number of amides is 2. The van der Waals surface area contributed by atoms with Gasteiger partial charge in [-0.1, -0.05) is 49.4 Å². The zero-order valence-electron chi connectivity index (χ0n) is 22.6. The van der Waals surface area contributed by atoms with Crippen LogP contribution in [-0.4, -0.2) is 63.3 Å². The van der Waals surface area contributed by atoms with E-state index in [1.165, 1.54) is 40.9 Å². The van der Waals surface area contributed by atoms with Gasteiger partial charge in [0.2, 0.25) is 5.91 Å². The number of piperidine rings is 1. The number of halogens is 5. The Hall–Kier alpha value is -2.67. The Labute approximate surface area is 239 Å². The predicted octanol–water partition coefficient (Wildman–Crippen LogP) is 5.83. The number of benzene rings is 1. The van der Waals surface area contributed by atoms with Crippen LogP contribution in [0.1, 0.15) is 79.9 Å². The second-order valence-corrected chi connectivity index (χ2v) is 12.0. The minimum atomic E-state index is -4.61. The van der Waals surface area contributed by atoms with E-state index in [0.717, 1.165) is 55.9 Å². The number of nitrogens with one attached hydrogen (secondary N) is 2. The molecular formula is C28H34F5N5O2S. The first-order valence-electron chi connectivity index (χ1n) is 14.1. The van der Waals surface area contributed by atoms with E-state index in [0.29, 0.717) is 6.04 Å². The molecule has 5 rings (SSSR count). The van der Waals surface area contributed by atoms with Crippen LogP contribution in [-0.2, 0) is 11.0 Å². The number of aromatic nitrogens is 2. The maximum atomic E-state index is 14.1. The topological polar surface area (TPSA) is 79.3 Å². The lowest BCUT2D eigenvalue weighted by Crippen LogP contribution is -2.55. The molecule has 3 aliphatic rings. The summed E-state index contributed by atoms with van der Waals surface area (Å²) in [6, 6.07) is 5.52. The Bertz CT molecular complexity index is 1240. The Morgan fingerprint density at radius 1 is 1.07 bits per heavy atom. The van der Waals surface area contributed by atoms with E-state index in [1.54, 1.807) is 0 Å². The molecule has 1 saturated heterocycles. The van der Waals surface area contributed by atoms with Gasteiger partial charge in [-0.2, -0.15) is 18.3 Å². The van der Waals surface area contributed by atoms with E-state index in [-0.39, 0.29) is 48.1 Å². The van der Waals surface area contributed by atoms with Crippen molar-refractivity contribution in [1.82, 2.24) is 24.7 Å². The van der Waals surface area contributed by atoms with Crippen LogP contribution in [0.25, 0.3) is 11.3 Å². The summed E-state index contributed by atoms with van der Waals surface area (Å²) in [5.74, 6) is -4.24. The van der Waals surface area contributed by atoms with Gasteiger partial charge in [0.25, 0.3) is 11.8 Å². The van der Waals surface area contributed by atoms with Crippen LogP contribution in [0.15, 0.2) is 30.3 Å². The zero-order valence-corrected chi connectivity index (χ0v) is 23.4. The summed E-state index contributed by atoms with van der Waals surface area (Å²) in [5, 5.41) is 7.10. The van der Waals surface area contributed by atoms with Crippen molar-refractivity contribution in [2.45, 2.75) is 88.0 Å². The molecule has 1 aliphatic heterocycles. The summed E-state index contributed by atoms with van der Waals surface area (Å²) in [6.45, 7) is -0.552. The molecule has 2 saturated carbocycles. The number of carbonyl (C=O) groups excluding carboxylic acids is 2. The van der Waals surface area contributed by atoms with Crippen LogP contribution in [0.3, 0.4) is 0 Å². The largest absolute Gasteiger partial charge is 0.417 e. The molecule has 7 nitrogen and oxygen atoms in total. The minimum Gasteiger partial charge on any atom is -0.338 e. The van der Waals surface area contributed by atoms with Crippen molar-refractivity contribution in [1.29, 1.82) is 0 Å². The number of likely N-dealkylation sites (tertiary alicyclic amines) is 1. The minimum absolute atomic E-state index is 0.0816. The van der Waals surface area contributed by atoms with Gasteiger partial charge in [0, 0.05) is 30.3 Å². The van der Waals surface area contributed by atoms with Crippen LogP contribution in [0.5, 0.6) is 0 Å². The van der Waals surface area contributed by atoms with Crippen molar-refractivity contribution >= 4 is 23.8 Å². The normalized spacial score (nSPS) is 20.6. The average molecular weight is 600 g/mol. The molecular weight excluding hydrogens is 565 g/mol. The van der Waals surface area contributed by atoms with Crippen LogP contribution < -0.4 is 10.0 Å². The smallest absolute Gasteiger partial charge is 0.338 e. The predicted molar refractivity (Wildman–Crippen MR) is 145 cm³/mol. The maximum absolute atomic E-state index is 14.1. The number of hydrogen-bond acceptors (Lipinski definition) is 5. The lowest BCUT2D eigenvalue weighted by atomic mass is 9.94. The Balaban J connectivity index is 1.41. The molecule has 2 heterocycles. The molecule has 41 heavy (non-hydrogen) atoms. The molecule has 0 bridgehead atoms. The first-order valence-corrected chi connectivity index (χ1v) is 15.1. The van der Waals surface area contributed by atoms with Crippen molar-refractivity contribution in [3.05, 3.63) is 41.6 Å². The number of nitrogens with zero attached hydrogens (tertiary/aromatic N) is 3. The van der Waals surface area contributed by atoms with Crippen LogP contribution in [0, 0.1) is 0 Å². The number of rotatable bonds is 9. The highest BCUT2D eigenvalue weighted by molar-refractivity contribution is 7.97. The summed E-state index contributed by atoms with van der Waals surface area (Å²) in [7, 11) is 0. The van der Waals surface area contributed by atoms with Crippen molar-refractivity contribution in [2.75, 3.05) is 18.8 Å². The first kappa shape index (κ1) is 29.8. The van der Waals surface area contributed by atoms with E-state index in [4.69, 9.17) is 0 Å². The van der Waals surface area contributed by atoms with Gasteiger partial charge >= 0.3 is 6.18 Å². The molecule has 1 unspecified atom stereocenters. The Morgan fingerprint density at radius 3 is 2.46 bits per heavy atom. The highest BCUT2D eigenvalue weighted by Gasteiger charge is 2.40. The van der Waals surface area contributed by atoms with Gasteiger partial charge in [-0.3, -0.25) is 19.0 Å². The lowest BCUT2D eigenvalue weighted by molar-refractivity contribution is -0.143. The summed E-state index contributed by atoms with van der Waals surface area (Å²) in [6.07, 6.45) is 1.58. The van der Waals surface area contributed by atoms with E-state index in [2.05, 4.69) is 15.1 Å². The molecule has 1 aromatic heterocycles. The fourth-order valence-corrected chi connectivity index (χ4v) is 6.60. The summed E-state index contributed by atoms with van der Waals surface area (Å²) >= 11 is 1.25. The van der Waals surface area contributed by atoms with Crippen molar-refractivity contribution in [3.8, 4) is 11.3 Å². The van der Waals surface area contributed by atoms with Gasteiger partial charge in [0.05, 0.1) is 23.8 Å². The molecule has 13 heteroatoms. The second kappa shape index (κ2) is 12.3. The van der Waals surface area contributed by atoms with Crippen molar-refractivity contribution in [2.24, 2.45) is 0 Å². The number of carbonyl (C=O) groups is 2. The van der Waals surface area contributed by atoms with E-state index in [1.807, 2.05) is 0 Å². The van der Waals surface area contributed by atoms with Gasteiger partial charge in [-0.15, -0.1) is 0 Å². The van der Waals surface area contributed by atoms with Crippen LogP contribution in [0.4, 0.5) is 22.0 Å². The van der Waals surface area contributed by atoms with E-state index < -0.39 is 42.1 Å². The quantitative estimate of drug-likeness (QED) is 0.280. The third kappa shape index (κ3) is 7.04. The van der Waals surface area contributed by atoms with Crippen LogP contribution >= 0.6 is 11.9 Å². The third-order valence-electron chi connectivity index (χ3n) is 8.06. The van der Waals surface area contributed by atoms with E-state index >= 15 is 0 Å². The molecule has 0 spiro atoms. The van der Waals surface area contributed by atoms with Gasteiger partial charge in [-0.05, 0) is 44.2 Å². The second-order valence-electron chi connectivity index (χ2n) is 11.1. The maximum Gasteiger partial charge on any atom is 0.417 e. The summed E-state index contributed by atoms with van der Waals surface area (Å²) < 4.78 is 74.6. The molecule has 224 valence electrons. The fourth-order valence-electron chi connectivity index (χ4n) is 5.64. The fraction of sp³-hybridized carbons (Fsp3) is 0.607. The Kier molecular flexibility index (Phi) is 8.93. The van der Waals surface area contributed by atoms with Crippen LogP contribution in [0.2, 0.25) is 0 Å². The lowest BCUT2D eigenvalue weighted by Gasteiger charge is -2.35. The van der Waals surface area contributed by atoms with Gasteiger partial charge in [0.1, 0.15) is 6.04 Å². The molecule has 1 atom stereocenters. The van der Waals surface area contributed by atoms with E-state index in [9.17, 15) is 31.5 Å². The molecule has 1 aromatic carbocycles. The molecule has 3 fully saturated rings. The van der Waals surface area contributed by atoms with Crippen molar-refractivity contribution in [3.63, 3.8) is 0 Å². The molecule has 2 aromatic rings. The average Bonchev–Trinajstić information content (AvgIpc) is 3.58. The standard InChI is InChI=1S/C28H34F5N5O2S/c29-27(30)13-6-14-37(17-27)26(40)23(16-41-36-18-7-5-8-18)34-25(39)22-15-24(38(35-22)19-9-1-2-10-19)20-11-3-4-12-21(20)28(31,32)33/h3-4,11-12,15,18-19,23,36H,1-2,5-10,13-14,16-17H2,(H,34,39).